The fraction of sp³-hybridized carbons (Fsp3) is 0.429. The Morgan fingerprint density at radius 1 is 0.906 bits per heavy atom. The molecule has 2 aromatic rings. The van der Waals surface area contributed by atoms with E-state index < -0.39 is 27.3 Å². The number of benzene rings is 2. The third kappa shape index (κ3) is 2.63. The summed E-state index contributed by atoms with van der Waals surface area (Å²) in [4.78, 5) is 25.5. The van der Waals surface area contributed by atoms with Crippen molar-refractivity contribution in [2.45, 2.75) is 37.3 Å². The van der Waals surface area contributed by atoms with Crippen LogP contribution in [0.1, 0.15) is 13.8 Å². The highest BCUT2D eigenvalue weighted by Crippen LogP contribution is 2.52. The summed E-state index contributed by atoms with van der Waals surface area (Å²) in [5, 5.41) is 22.5. The topological polar surface area (TPSA) is 120 Å². The Bertz CT molecular complexity index is 1160. The van der Waals surface area contributed by atoms with Gasteiger partial charge >= 0.3 is 0 Å². The number of likely N-dealkylation sites (N-methyl/N-ethyl adjacent to an activating group) is 2. The molecule has 0 spiro atoms. The molecular weight excluding hydrogens is 420 g/mol. The molecule has 0 aliphatic carbocycles. The number of fused-ring (bicyclic) bond motifs is 5. The molecule has 3 aliphatic rings. The normalized spacial score (nSPS) is 30.1. The Labute approximate surface area is 183 Å². The lowest BCUT2D eigenvalue weighted by molar-refractivity contribution is -0.385. The summed E-state index contributed by atoms with van der Waals surface area (Å²) in [6, 6.07) is 8.65. The molecule has 5 rings (SSSR count). The van der Waals surface area contributed by atoms with E-state index in [2.05, 4.69) is 0 Å². The Balaban J connectivity index is 1.62. The minimum Gasteiger partial charge on any atom is -0.480 e. The first-order valence-corrected chi connectivity index (χ1v) is 10.1. The average molecular weight is 442 g/mol. The number of rotatable bonds is 2. The van der Waals surface area contributed by atoms with E-state index in [-0.39, 0.29) is 24.0 Å². The van der Waals surface area contributed by atoms with Crippen LogP contribution in [0.25, 0.3) is 0 Å². The maximum Gasteiger partial charge on any atom is 0.273 e. The van der Waals surface area contributed by atoms with E-state index in [0.29, 0.717) is 22.9 Å². The summed E-state index contributed by atoms with van der Waals surface area (Å²) in [6.07, 6.45) is -0.486. The lowest BCUT2D eigenvalue weighted by Crippen LogP contribution is -2.79. The molecule has 3 heterocycles. The lowest BCUT2D eigenvalue weighted by atomic mass is 9.76. The zero-order chi connectivity index (χ0) is 23.0. The average Bonchev–Trinajstić information content (AvgIpc) is 2.72. The van der Waals surface area contributed by atoms with Gasteiger partial charge in [0.1, 0.15) is 6.04 Å². The molecule has 0 saturated carbocycles. The zero-order valence-electron chi connectivity index (χ0n) is 18.0. The molecule has 0 N–H and O–H groups in total. The van der Waals surface area contributed by atoms with Crippen molar-refractivity contribution in [1.29, 1.82) is 0 Å². The Kier molecular flexibility index (Phi) is 4.10. The van der Waals surface area contributed by atoms with Crippen LogP contribution in [0.4, 0.5) is 22.7 Å². The number of ether oxygens (including phenoxy) is 3. The van der Waals surface area contributed by atoms with Crippen LogP contribution in [0.5, 0.6) is 11.5 Å². The molecule has 4 atom stereocenters. The van der Waals surface area contributed by atoms with Gasteiger partial charge in [-0.3, -0.25) is 20.2 Å². The molecule has 1 saturated heterocycles. The highest BCUT2D eigenvalue weighted by atomic mass is 16.6. The monoisotopic (exact) mass is 442 g/mol. The van der Waals surface area contributed by atoms with E-state index in [1.54, 1.807) is 12.1 Å². The fourth-order valence-corrected chi connectivity index (χ4v) is 5.44. The third-order valence-corrected chi connectivity index (χ3v) is 6.62. The number of anilines is 2. The molecule has 4 unspecified atom stereocenters. The second-order valence-corrected chi connectivity index (χ2v) is 8.81. The zero-order valence-corrected chi connectivity index (χ0v) is 18.0. The highest BCUT2D eigenvalue weighted by molar-refractivity contribution is 5.68. The number of non-ortho nitro benzene ring substituents is 2. The first-order valence-electron chi connectivity index (χ1n) is 10.1. The van der Waals surface area contributed by atoms with Crippen LogP contribution in [0, 0.1) is 20.2 Å². The minimum absolute atomic E-state index is 0.0603. The summed E-state index contributed by atoms with van der Waals surface area (Å²) < 4.78 is 19.0. The van der Waals surface area contributed by atoms with Gasteiger partial charge in [-0.05, 0) is 26.0 Å². The van der Waals surface area contributed by atoms with Gasteiger partial charge in [0.15, 0.2) is 28.9 Å². The van der Waals surface area contributed by atoms with E-state index in [4.69, 9.17) is 14.2 Å². The quantitative estimate of drug-likeness (QED) is 0.510. The molecule has 0 aromatic heterocycles. The number of nitrogens with zero attached hydrogens (tertiary/aromatic N) is 4. The number of nitro groups is 2. The molecule has 11 heteroatoms. The second-order valence-electron chi connectivity index (χ2n) is 8.81. The predicted octanol–water partition coefficient (Wildman–Crippen LogP) is 3.10. The third-order valence-electron chi connectivity index (χ3n) is 6.62. The first-order chi connectivity index (χ1) is 15.0. The molecule has 0 amide bonds. The van der Waals surface area contributed by atoms with Gasteiger partial charge in [-0.15, -0.1) is 0 Å². The molecule has 11 nitrogen and oxygen atoms in total. The van der Waals surface area contributed by atoms with Crippen LogP contribution in [0.3, 0.4) is 0 Å². The van der Waals surface area contributed by atoms with Crippen molar-refractivity contribution >= 4 is 22.7 Å². The summed E-state index contributed by atoms with van der Waals surface area (Å²) >= 11 is 0. The molecule has 1 fully saturated rings. The van der Waals surface area contributed by atoms with Crippen LogP contribution >= 0.6 is 0 Å². The number of hydrogen-bond donors (Lipinski definition) is 0. The maximum absolute atomic E-state index is 11.3. The van der Waals surface area contributed by atoms with E-state index in [1.807, 2.05) is 37.7 Å². The molecular formula is C21H22N4O7. The smallest absolute Gasteiger partial charge is 0.273 e. The SMILES string of the molecule is CN1c2ccc([N+](=O)[O-])cc2OC2(C)C1OCC1(C)Oc3cc([N+](=O)[O-])ccc3N(C)C12. The first kappa shape index (κ1) is 20.3. The van der Waals surface area contributed by atoms with Gasteiger partial charge < -0.3 is 24.0 Å². The van der Waals surface area contributed by atoms with E-state index in [0.717, 1.165) is 0 Å². The van der Waals surface area contributed by atoms with Crippen LogP contribution in [-0.2, 0) is 4.74 Å². The van der Waals surface area contributed by atoms with Crippen molar-refractivity contribution in [3.63, 3.8) is 0 Å². The molecule has 168 valence electrons. The van der Waals surface area contributed by atoms with Crippen molar-refractivity contribution < 1.29 is 24.1 Å². The van der Waals surface area contributed by atoms with Gasteiger partial charge in [0.2, 0.25) is 0 Å². The van der Waals surface area contributed by atoms with Crippen LogP contribution in [0.2, 0.25) is 0 Å². The Hall–Kier alpha value is -3.60. The van der Waals surface area contributed by atoms with Crippen molar-refractivity contribution in [2.24, 2.45) is 0 Å². The Morgan fingerprint density at radius 2 is 1.44 bits per heavy atom. The summed E-state index contributed by atoms with van der Waals surface area (Å²) in [7, 11) is 3.75. The molecule has 0 radical (unpaired) electrons. The van der Waals surface area contributed by atoms with Crippen molar-refractivity contribution in [3.8, 4) is 11.5 Å². The predicted molar refractivity (Wildman–Crippen MR) is 115 cm³/mol. The van der Waals surface area contributed by atoms with Gasteiger partial charge in [-0.1, -0.05) is 0 Å². The van der Waals surface area contributed by atoms with Crippen molar-refractivity contribution in [1.82, 2.24) is 0 Å². The second kappa shape index (κ2) is 6.45. The van der Waals surface area contributed by atoms with Crippen molar-refractivity contribution in [2.75, 3.05) is 30.5 Å². The summed E-state index contributed by atoms with van der Waals surface area (Å²) in [5.41, 5.74) is -0.605. The van der Waals surface area contributed by atoms with Gasteiger partial charge in [0.25, 0.3) is 11.4 Å². The summed E-state index contributed by atoms with van der Waals surface area (Å²) in [5.74, 6) is 0.780. The molecule has 2 aromatic carbocycles. The number of hydrogen-bond acceptors (Lipinski definition) is 9. The van der Waals surface area contributed by atoms with E-state index in [1.165, 1.54) is 24.3 Å². The van der Waals surface area contributed by atoms with E-state index >= 15 is 0 Å². The lowest BCUT2D eigenvalue weighted by Gasteiger charge is -2.62. The Morgan fingerprint density at radius 3 is 2.00 bits per heavy atom. The van der Waals surface area contributed by atoms with Crippen LogP contribution in [0.15, 0.2) is 36.4 Å². The van der Waals surface area contributed by atoms with Crippen molar-refractivity contribution in [3.05, 3.63) is 56.6 Å². The maximum atomic E-state index is 11.3. The van der Waals surface area contributed by atoms with Gasteiger partial charge in [0.05, 0.1) is 40.0 Å². The molecule has 32 heavy (non-hydrogen) atoms. The molecule has 0 bridgehead atoms. The van der Waals surface area contributed by atoms with E-state index in [9.17, 15) is 20.2 Å². The molecule has 3 aliphatic heterocycles. The van der Waals surface area contributed by atoms with Crippen LogP contribution < -0.4 is 19.3 Å². The van der Waals surface area contributed by atoms with Crippen LogP contribution in [-0.4, -0.2) is 54.0 Å². The van der Waals surface area contributed by atoms with Gasteiger partial charge in [-0.2, -0.15) is 0 Å². The summed E-state index contributed by atoms with van der Waals surface area (Å²) in [6.45, 7) is 4.00. The highest BCUT2D eigenvalue weighted by Gasteiger charge is 2.64. The fourth-order valence-electron chi connectivity index (χ4n) is 5.44. The standard InChI is InChI=1S/C21H22N4O7/c1-20-11-30-19-21(2,32-17-10-13(25(28)29)6-8-15(17)23(19)4)18(20)22(3)14-7-5-12(24(26)27)9-16(14)31-20/h5-10,18-19H,11H2,1-4H3. The largest absolute Gasteiger partial charge is 0.480 e. The van der Waals surface area contributed by atoms with Gasteiger partial charge in [-0.25, -0.2) is 0 Å². The minimum atomic E-state index is -0.974. The number of nitro benzene ring substituents is 2. The van der Waals surface area contributed by atoms with Gasteiger partial charge in [0, 0.05) is 26.2 Å².